The minimum atomic E-state index is 0.0225. The number of carbonyl (C=O) groups is 1. The molecule has 2 heteroatoms. The molecular weight excluding hydrogens is 380 g/mol. The Morgan fingerprint density at radius 2 is 0.710 bits per heavy atom. The molecule has 0 aromatic carbocycles. The van der Waals surface area contributed by atoms with Crippen molar-refractivity contribution in [1.82, 2.24) is 0 Å². The van der Waals surface area contributed by atoms with E-state index in [1.54, 1.807) is 0 Å². The summed E-state index contributed by atoms with van der Waals surface area (Å²) in [4.78, 5) is 11.8. The lowest BCUT2D eigenvalue weighted by Gasteiger charge is -2.06. The van der Waals surface area contributed by atoms with E-state index in [0.717, 1.165) is 12.8 Å². The molecule has 0 aromatic heterocycles. The first-order valence-corrected chi connectivity index (χ1v) is 14.5. The van der Waals surface area contributed by atoms with E-state index in [2.05, 4.69) is 13.8 Å². The Balaban J connectivity index is 3.13. The van der Waals surface area contributed by atoms with Gasteiger partial charge < -0.3 is 4.74 Å². The van der Waals surface area contributed by atoms with Crippen molar-refractivity contribution in [2.24, 2.45) is 0 Å². The average molecular weight is 439 g/mol. The van der Waals surface area contributed by atoms with Crippen LogP contribution in [-0.2, 0) is 9.53 Å². The van der Waals surface area contributed by atoms with E-state index < -0.39 is 0 Å². The molecule has 0 saturated carbocycles. The maximum absolute atomic E-state index is 11.8. The minimum Gasteiger partial charge on any atom is -0.466 e. The first-order chi connectivity index (χ1) is 15.3. The normalized spacial score (nSPS) is 11.2. The second-order valence-electron chi connectivity index (χ2n) is 9.75. The first kappa shape index (κ1) is 30.5. The zero-order valence-electron chi connectivity index (χ0n) is 21.7. The molecular formula is C29H58O2. The Bertz CT molecular complexity index is 340. The molecule has 2 nitrogen and oxygen atoms in total. The maximum atomic E-state index is 11.8. The van der Waals surface area contributed by atoms with Crippen LogP contribution in [0.25, 0.3) is 0 Å². The molecule has 0 amide bonds. The van der Waals surface area contributed by atoms with Gasteiger partial charge in [-0.05, 0) is 12.8 Å². The first-order valence-electron chi connectivity index (χ1n) is 14.5. The lowest BCUT2D eigenvalue weighted by Crippen LogP contribution is -2.05. The maximum Gasteiger partial charge on any atom is 0.305 e. The highest BCUT2D eigenvalue weighted by atomic mass is 16.5. The van der Waals surface area contributed by atoms with Gasteiger partial charge in [0, 0.05) is 6.42 Å². The number of carbonyl (C=O) groups excluding carboxylic acids is 1. The van der Waals surface area contributed by atoms with Gasteiger partial charge in [-0.25, -0.2) is 0 Å². The van der Waals surface area contributed by atoms with Crippen molar-refractivity contribution in [3.8, 4) is 0 Å². The fraction of sp³-hybridized carbons (Fsp3) is 0.966. The van der Waals surface area contributed by atoms with Gasteiger partial charge in [0.05, 0.1) is 6.61 Å². The number of hydrogen-bond donors (Lipinski definition) is 0. The van der Waals surface area contributed by atoms with Gasteiger partial charge in [0.15, 0.2) is 0 Å². The average Bonchev–Trinajstić information content (AvgIpc) is 2.77. The highest BCUT2D eigenvalue weighted by Gasteiger charge is 2.02. The molecule has 0 aromatic rings. The van der Waals surface area contributed by atoms with Crippen LogP contribution in [0.1, 0.15) is 174 Å². The van der Waals surface area contributed by atoms with Crippen LogP contribution >= 0.6 is 0 Å². The van der Waals surface area contributed by atoms with Crippen LogP contribution in [0.4, 0.5) is 0 Å². The fourth-order valence-electron chi connectivity index (χ4n) is 4.31. The quantitative estimate of drug-likeness (QED) is 0.0991. The molecule has 0 bridgehead atoms. The third kappa shape index (κ3) is 27.4. The van der Waals surface area contributed by atoms with Gasteiger partial charge in [-0.2, -0.15) is 0 Å². The molecule has 0 rings (SSSR count). The topological polar surface area (TPSA) is 26.3 Å². The molecule has 0 unspecified atom stereocenters. The van der Waals surface area contributed by atoms with Gasteiger partial charge in [0.2, 0.25) is 0 Å². The standard InChI is InChI=1S/C29H58O2/c1-3-5-7-9-11-13-15-16-17-18-20-22-24-26-28-31-29(30)27-25-23-21-19-14-12-10-8-6-4-2/h3-28H2,1-2H3. The van der Waals surface area contributed by atoms with Crippen LogP contribution in [0.15, 0.2) is 0 Å². The Hall–Kier alpha value is -0.530. The van der Waals surface area contributed by atoms with E-state index in [9.17, 15) is 4.79 Å². The number of hydrogen-bond acceptors (Lipinski definition) is 2. The van der Waals surface area contributed by atoms with Crippen LogP contribution < -0.4 is 0 Å². The Labute approximate surface area is 196 Å². The van der Waals surface area contributed by atoms with Crippen LogP contribution in [0.5, 0.6) is 0 Å². The monoisotopic (exact) mass is 438 g/mol. The largest absolute Gasteiger partial charge is 0.466 e. The number of unbranched alkanes of at least 4 members (excludes halogenated alkanes) is 22. The smallest absolute Gasteiger partial charge is 0.305 e. The van der Waals surface area contributed by atoms with Crippen LogP contribution in [0, 0.1) is 0 Å². The zero-order chi connectivity index (χ0) is 22.7. The summed E-state index contributed by atoms with van der Waals surface area (Å²) in [7, 11) is 0. The second kappa shape index (κ2) is 27.5. The van der Waals surface area contributed by atoms with E-state index in [0.29, 0.717) is 13.0 Å². The van der Waals surface area contributed by atoms with Crippen molar-refractivity contribution in [3.63, 3.8) is 0 Å². The molecule has 0 aliphatic carbocycles. The van der Waals surface area contributed by atoms with Crippen molar-refractivity contribution in [2.75, 3.05) is 6.61 Å². The van der Waals surface area contributed by atoms with Gasteiger partial charge in [-0.15, -0.1) is 0 Å². The van der Waals surface area contributed by atoms with E-state index in [1.165, 1.54) is 141 Å². The molecule has 186 valence electrons. The number of ether oxygens (including phenoxy) is 1. The van der Waals surface area contributed by atoms with Crippen LogP contribution in [0.3, 0.4) is 0 Å². The minimum absolute atomic E-state index is 0.0225. The molecule has 0 spiro atoms. The summed E-state index contributed by atoms with van der Waals surface area (Å²) in [5, 5.41) is 0. The Morgan fingerprint density at radius 1 is 0.419 bits per heavy atom. The SMILES string of the molecule is CCCCCCCCCCCCCCCCOC(=O)CCCCCCCCCCCC. The summed E-state index contributed by atoms with van der Waals surface area (Å²) in [6.07, 6.45) is 32.8. The van der Waals surface area contributed by atoms with E-state index in [-0.39, 0.29) is 5.97 Å². The van der Waals surface area contributed by atoms with Crippen molar-refractivity contribution < 1.29 is 9.53 Å². The number of rotatable bonds is 26. The summed E-state index contributed by atoms with van der Waals surface area (Å²) in [6, 6.07) is 0. The van der Waals surface area contributed by atoms with Gasteiger partial charge in [-0.3, -0.25) is 4.79 Å². The highest BCUT2D eigenvalue weighted by molar-refractivity contribution is 5.69. The molecule has 0 radical (unpaired) electrons. The van der Waals surface area contributed by atoms with Crippen molar-refractivity contribution in [2.45, 2.75) is 174 Å². The molecule has 0 saturated heterocycles. The predicted octanol–water partition coefficient (Wildman–Crippen LogP) is 10.3. The molecule has 31 heavy (non-hydrogen) atoms. The van der Waals surface area contributed by atoms with Crippen LogP contribution in [0.2, 0.25) is 0 Å². The Morgan fingerprint density at radius 3 is 1.06 bits per heavy atom. The van der Waals surface area contributed by atoms with Gasteiger partial charge in [0.25, 0.3) is 0 Å². The van der Waals surface area contributed by atoms with Crippen molar-refractivity contribution in [1.29, 1.82) is 0 Å². The van der Waals surface area contributed by atoms with Gasteiger partial charge >= 0.3 is 5.97 Å². The van der Waals surface area contributed by atoms with Crippen molar-refractivity contribution in [3.05, 3.63) is 0 Å². The van der Waals surface area contributed by atoms with E-state index in [1.807, 2.05) is 0 Å². The number of esters is 1. The summed E-state index contributed by atoms with van der Waals surface area (Å²) >= 11 is 0. The van der Waals surface area contributed by atoms with Gasteiger partial charge in [-0.1, -0.05) is 155 Å². The summed E-state index contributed by atoms with van der Waals surface area (Å²) in [5.74, 6) is 0.0225. The lowest BCUT2D eigenvalue weighted by molar-refractivity contribution is -0.143. The second-order valence-corrected chi connectivity index (χ2v) is 9.75. The third-order valence-corrected chi connectivity index (χ3v) is 6.50. The molecule has 0 atom stereocenters. The molecule has 0 aliphatic heterocycles. The molecule has 0 N–H and O–H groups in total. The predicted molar refractivity (Wildman–Crippen MR) is 138 cm³/mol. The van der Waals surface area contributed by atoms with Crippen LogP contribution in [-0.4, -0.2) is 12.6 Å². The van der Waals surface area contributed by atoms with Gasteiger partial charge in [0.1, 0.15) is 0 Å². The summed E-state index contributed by atoms with van der Waals surface area (Å²) in [6.45, 7) is 5.19. The van der Waals surface area contributed by atoms with Crippen molar-refractivity contribution >= 4 is 5.97 Å². The summed E-state index contributed by atoms with van der Waals surface area (Å²) < 4.78 is 5.39. The molecule has 0 aliphatic rings. The highest BCUT2D eigenvalue weighted by Crippen LogP contribution is 2.14. The molecule has 0 heterocycles. The summed E-state index contributed by atoms with van der Waals surface area (Å²) in [5.41, 5.74) is 0. The molecule has 0 fully saturated rings. The fourth-order valence-corrected chi connectivity index (χ4v) is 4.31. The van der Waals surface area contributed by atoms with E-state index >= 15 is 0 Å². The van der Waals surface area contributed by atoms with E-state index in [4.69, 9.17) is 4.74 Å². The zero-order valence-corrected chi connectivity index (χ0v) is 21.7. The Kier molecular flexibility index (Phi) is 27.0. The third-order valence-electron chi connectivity index (χ3n) is 6.50. The lowest BCUT2D eigenvalue weighted by atomic mass is 10.0.